The third-order valence-corrected chi connectivity index (χ3v) is 21.0. The van der Waals surface area contributed by atoms with Crippen molar-refractivity contribution in [1.82, 2.24) is 19.5 Å². The van der Waals surface area contributed by atoms with Crippen molar-refractivity contribution in [1.29, 1.82) is 0 Å². The lowest BCUT2D eigenvalue weighted by Gasteiger charge is -2.44. The summed E-state index contributed by atoms with van der Waals surface area (Å²) < 4.78 is 35.7. The molecule has 57 heavy (non-hydrogen) atoms. The molecule has 1 aliphatic rings. The Morgan fingerprint density at radius 1 is 0.737 bits per heavy atom. The van der Waals surface area contributed by atoms with Gasteiger partial charge in [0.1, 0.15) is 24.9 Å². The van der Waals surface area contributed by atoms with Crippen molar-refractivity contribution in [2.45, 2.75) is 121 Å². The summed E-state index contributed by atoms with van der Waals surface area (Å²) in [6.45, 7) is 24.3. The van der Waals surface area contributed by atoms with Gasteiger partial charge in [-0.3, -0.25) is 4.57 Å². The van der Waals surface area contributed by atoms with Gasteiger partial charge in [0.25, 0.3) is 0 Å². The fourth-order valence-corrected chi connectivity index (χ4v) is 9.30. The highest BCUT2D eigenvalue weighted by atomic mass is 28.4. The molecule has 2 aromatic heterocycles. The molecule has 12 heteroatoms. The van der Waals surface area contributed by atoms with Gasteiger partial charge >= 0.3 is 0 Å². The highest BCUT2D eigenvalue weighted by Crippen LogP contribution is 2.46. The normalized spacial score (nSPS) is 19.4. The number of anilines is 1. The number of hydrogen-bond acceptors (Lipinski definition) is 9. The lowest BCUT2D eigenvalue weighted by molar-refractivity contribution is -0.0562. The number of benzene rings is 3. The van der Waals surface area contributed by atoms with Crippen LogP contribution in [0.2, 0.25) is 36.3 Å². The molecule has 0 radical (unpaired) electrons. The van der Waals surface area contributed by atoms with Crippen LogP contribution in [0.1, 0.15) is 76.2 Å². The molecule has 306 valence electrons. The molecule has 5 aromatic rings. The van der Waals surface area contributed by atoms with E-state index >= 15 is 0 Å². The lowest BCUT2D eigenvalue weighted by atomic mass is 9.91. The fourth-order valence-electron chi connectivity index (χ4n) is 6.70. The predicted molar refractivity (Wildman–Crippen MR) is 233 cm³/mol. The zero-order chi connectivity index (χ0) is 41.0. The summed E-state index contributed by atoms with van der Waals surface area (Å²) in [5, 5.41) is 3.63. The van der Waals surface area contributed by atoms with Crippen molar-refractivity contribution in [2.75, 3.05) is 25.6 Å². The maximum atomic E-state index is 7.37. The van der Waals surface area contributed by atoms with Gasteiger partial charge in [0.05, 0.1) is 19.5 Å². The van der Waals surface area contributed by atoms with Crippen molar-refractivity contribution >= 4 is 33.6 Å². The number of aromatic nitrogens is 4. The minimum atomic E-state index is -2.35. The van der Waals surface area contributed by atoms with Crippen molar-refractivity contribution in [2.24, 2.45) is 0 Å². The first-order chi connectivity index (χ1) is 27.0. The van der Waals surface area contributed by atoms with E-state index in [2.05, 4.69) is 134 Å². The van der Waals surface area contributed by atoms with Crippen LogP contribution >= 0.6 is 0 Å². The molecule has 1 N–H and O–H groups in total. The van der Waals surface area contributed by atoms with Gasteiger partial charge < -0.3 is 28.4 Å². The molecule has 3 aromatic carbocycles. The van der Waals surface area contributed by atoms with Crippen molar-refractivity contribution in [3.63, 3.8) is 0 Å². The average molecular weight is 810 g/mol. The number of methoxy groups -OCH3 is 1. The van der Waals surface area contributed by atoms with Crippen LogP contribution in [0.4, 0.5) is 5.82 Å². The van der Waals surface area contributed by atoms with Crippen molar-refractivity contribution < 1.29 is 23.1 Å². The second-order valence-corrected chi connectivity index (χ2v) is 27.8. The van der Waals surface area contributed by atoms with Crippen LogP contribution in [-0.4, -0.2) is 74.7 Å². The van der Waals surface area contributed by atoms with Gasteiger partial charge in [0, 0.05) is 19.6 Å². The van der Waals surface area contributed by atoms with E-state index in [0.29, 0.717) is 42.6 Å². The Morgan fingerprint density at radius 2 is 1.28 bits per heavy atom. The Labute approximate surface area is 342 Å². The van der Waals surface area contributed by atoms with Gasteiger partial charge in [-0.05, 0) is 53.0 Å². The van der Waals surface area contributed by atoms with E-state index in [4.69, 9.17) is 38.0 Å². The van der Waals surface area contributed by atoms with Crippen molar-refractivity contribution in [3.8, 4) is 0 Å². The minimum absolute atomic E-state index is 0.0221. The molecular weight excluding hydrogens is 747 g/mol. The monoisotopic (exact) mass is 809 g/mol. The van der Waals surface area contributed by atoms with Gasteiger partial charge in [-0.15, -0.1) is 0 Å². The Bertz CT molecular complexity index is 1990. The van der Waals surface area contributed by atoms with Crippen LogP contribution in [0.5, 0.6) is 0 Å². The molecule has 1 saturated heterocycles. The summed E-state index contributed by atoms with van der Waals surface area (Å²) in [5.41, 5.74) is 4.78. The van der Waals surface area contributed by atoms with E-state index in [0.717, 1.165) is 5.56 Å². The maximum Gasteiger partial charge on any atom is 0.192 e. The molecule has 0 bridgehead atoms. The SMILES string of the molecule is COC[C@H]1O[C@@H](n2cnc3c(NCC(c4ccccc4)c4ccccc4)nc(COCc4ccccc4)nc32)[C@@H](O[Si](C)(C)C(C)(C)C)[C@@H]1O[Si](C)(C)C(C)(C)C. The number of imidazole rings is 1. The van der Waals surface area contributed by atoms with E-state index in [1.54, 1.807) is 7.11 Å². The largest absolute Gasteiger partial charge is 0.408 e. The molecule has 1 aliphatic heterocycles. The van der Waals surface area contributed by atoms with E-state index in [1.165, 1.54) is 11.1 Å². The first kappa shape index (κ1) is 42.8. The third kappa shape index (κ3) is 9.93. The molecule has 0 amide bonds. The Morgan fingerprint density at radius 3 is 1.82 bits per heavy atom. The van der Waals surface area contributed by atoms with E-state index in [1.807, 2.05) is 41.2 Å². The molecule has 1 fully saturated rings. The molecule has 0 spiro atoms. The molecule has 0 unspecified atom stereocenters. The van der Waals surface area contributed by atoms with Gasteiger partial charge in [0.15, 0.2) is 45.7 Å². The van der Waals surface area contributed by atoms with Crippen LogP contribution in [0, 0.1) is 0 Å². The van der Waals surface area contributed by atoms with Gasteiger partial charge in [0.2, 0.25) is 0 Å². The molecule has 6 rings (SSSR count). The minimum Gasteiger partial charge on any atom is -0.408 e. The predicted octanol–water partition coefficient (Wildman–Crippen LogP) is 10.1. The van der Waals surface area contributed by atoms with Crippen molar-refractivity contribution in [3.05, 3.63) is 120 Å². The highest BCUT2D eigenvalue weighted by molar-refractivity contribution is 6.74. The van der Waals surface area contributed by atoms with Crippen LogP contribution in [0.3, 0.4) is 0 Å². The Balaban J connectivity index is 1.43. The summed E-state index contributed by atoms with van der Waals surface area (Å²) in [4.78, 5) is 15.2. The molecule has 0 saturated carbocycles. The average Bonchev–Trinajstić information content (AvgIpc) is 3.72. The van der Waals surface area contributed by atoms with Crippen LogP contribution in [0.25, 0.3) is 11.2 Å². The number of hydrogen-bond donors (Lipinski definition) is 1. The Hall–Kier alpha value is -3.76. The van der Waals surface area contributed by atoms with E-state index in [-0.39, 0.29) is 34.8 Å². The first-order valence-electron chi connectivity index (χ1n) is 20.2. The molecule has 0 aliphatic carbocycles. The zero-order valence-corrected chi connectivity index (χ0v) is 37.8. The Kier molecular flexibility index (Phi) is 13.2. The topological polar surface area (TPSA) is 102 Å². The number of fused-ring (bicyclic) bond motifs is 1. The summed E-state index contributed by atoms with van der Waals surface area (Å²) in [7, 11) is -2.93. The number of nitrogens with zero attached hydrogens (tertiary/aromatic N) is 4. The lowest BCUT2D eigenvalue weighted by Crippen LogP contribution is -2.54. The van der Waals surface area contributed by atoms with Gasteiger partial charge in [-0.2, -0.15) is 0 Å². The van der Waals surface area contributed by atoms with Crippen LogP contribution in [-0.2, 0) is 36.3 Å². The fraction of sp³-hybridized carbons (Fsp3) is 0.489. The van der Waals surface area contributed by atoms with Gasteiger partial charge in [-0.25, -0.2) is 15.0 Å². The third-order valence-electron chi connectivity index (χ3n) is 12.1. The smallest absolute Gasteiger partial charge is 0.192 e. The summed E-state index contributed by atoms with van der Waals surface area (Å²) in [5.74, 6) is 1.25. The molecule has 4 atom stereocenters. The molecule has 10 nitrogen and oxygen atoms in total. The number of rotatable bonds is 16. The van der Waals surface area contributed by atoms with E-state index in [9.17, 15) is 0 Å². The second-order valence-electron chi connectivity index (χ2n) is 18.3. The highest BCUT2D eigenvalue weighted by Gasteiger charge is 2.54. The molecular formula is C45H63N5O5Si2. The number of ether oxygens (including phenoxy) is 3. The summed E-state index contributed by atoms with van der Waals surface area (Å²) in [6.07, 6.45) is 0.0551. The number of nitrogens with one attached hydrogen (secondary N) is 1. The van der Waals surface area contributed by atoms with Crippen LogP contribution < -0.4 is 5.32 Å². The summed E-state index contributed by atoms with van der Waals surface area (Å²) in [6, 6.07) is 31.3. The maximum absolute atomic E-state index is 7.37. The van der Waals surface area contributed by atoms with Gasteiger partial charge in [-0.1, -0.05) is 133 Å². The van der Waals surface area contributed by atoms with Crippen LogP contribution in [0.15, 0.2) is 97.3 Å². The second kappa shape index (κ2) is 17.6. The summed E-state index contributed by atoms with van der Waals surface area (Å²) >= 11 is 0. The standard InChI is InChI=1S/C45H63N5O5Si2/c1-44(2,3)56(8,9)54-39-36(29-51-7)53-43(40(39)55-57(10,11)45(4,5)6)50-31-47-38-41(48-37(49-42(38)50)30-52-28-32-21-15-12-16-22-32)46-27-35(33-23-17-13-18-24-33)34-25-19-14-20-26-34/h12-26,31,35-36,39-40,43H,27-30H2,1-11H3,(H,46,48,49)/t36-,39-,40+,43-/m1/s1. The zero-order valence-electron chi connectivity index (χ0n) is 35.8. The first-order valence-corrected chi connectivity index (χ1v) is 26.0. The quantitative estimate of drug-likeness (QED) is 0.0977. The van der Waals surface area contributed by atoms with E-state index < -0.39 is 29.0 Å². The molecule has 3 heterocycles.